The Balaban J connectivity index is 1.65. The molecule has 136 valence electrons. The lowest BCUT2D eigenvalue weighted by atomic mass is 10.1. The van der Waals surface area contributed by atoms with Crippen LogP contribution < -0.4 is 15.9 Å². The molecule has 1 aromatic carbocycles. The second-order valence-corrected chi connectivity index (χ2v) is 6.53. The zero-order valence-corrected chi connectivity index (χ0v) is 15.1. The predicted octanol–water partition coefficient (Wildman–Crippen LogP) is 2.54. The molecule has 0 aliphatic heterocycles. The second-order valence-electron chi connectivity index (χ2n) is 5.69. The van der Waals surface area contributed by atoms with Gasteiger partial charge >= 0.3 is 5.63 Å². The third-order valence-corrected chi connectivity index (χ3v) is 4.69. The number of hydrogen-bond acceptors (Lipinski definition) is 8. The van der Waals surface area contributed by atoms with E-state index in [1.807, 2.05) is 37.3 Å². The molecule has 0 fully saturated rings. The van der Waals surface area contributed by atoms with Crippen LogP contribution in [0.2, 0.25) is 0 Å². The van der Waals surface area contributed by atoms with Gasteiger partial charge in [0.05, 0.1) is 4.88 Å². The van der Waals surface area contributed by atoms with Gasteiger partial charge in [0.2, 0.25) is 5.71 Å². The molecule has 3 heterocycles. The van der Waals surface area contributed by atoms with E-state index in [-0.39, 0.29) is 23.7 Å². The lowest BCUT2D eigenvalue weighted by Gasteiger charge is -2.06. The third kappa shape index (κ3) is 3.36. The van der Waals surface area contributed by atoms with Gasteiger partial charge in [-0.05, 0) is 23.5 Å². The second kappa shape index (κ2) is 7.12. The van der Waals surface area contributed by atoms with Crippen molar-refractivity contribution in [3.63, 3.8) is 0 Å². The molecule has 4 rings (SSSR count). The standard InChI is InChI=1S/C18H14N4O4S/c1-2-10-8-13(23)26-17-14(10)16(24)19-18(20-17)25-9-12-15(21-22-27-12)11-6-4-3-5-7-11/h3-8H,2,9H2,1H3,(H,19,20,24). The van der Waals surface area contributed by atoms with E-state index in [9.17, 15) is 9.59 Å². The van der Waals surface area contributed by atoms with E-state index in [0.29, 0.717) is 17.7 Å². The first-order valence-corrected chi connectivity index (χ1v) is 8.99. The largest absolute Gasteiger partial charge is 0.459 e. The summed E-state index contributed by atoms with van der Waals surface area (Å²) in [5.74, 6) is 0. The molecule has 3 aromatic heterocycles. The number of aromatic nitrogens is 4. The van der Waals surface area contributed by atoms with Gasteiger partial charge in [0.15, 0.2) is 0 Å². The Morgan fingerprint density at radius 3 is 2.81 bits per heavy atom. The first-order valence-electron chi connectivity index (χ1n) is 8.22. The fourth-order valence-corrected chi connectivity index (χ4v) is 3.31. The molecule has 0 aliphatic carbocycles. The molecule has 0 radical (unpaired) electrons. The van der Waals surface area contributed by atoms with Crippen molar-refractivity contribution in [1.29, 1.82) is 0 Å². The van der Waals surface area contributed by atoms with E-state index in [1.165, 1.54) is 17.6 Å². The first kappa shape index (κ1) is 17.1. The highest BCUT2D eigenvalue weighted by Gasteiger charge is 2.14. The van der Waals surface area contributed by atoms with Crippen LogP contribution in [0.1, 0.15) is 17.4 Å². The van der Waals surface area contributed by atoms with Crippen LogP contribution in [0.4, 0.5) is 0 Å². The molecule has 27 heavy (non-hydrogen) atoms. The average molecular weight is 382 g/mol. The van der Waals surface area contributed by atoms with E-state index in [2.05, 4.69) is 19.6 Å². The van der Waals surface area contributed by atoms with Crippen LogP contribution in [0.15, 0.2) is 50.4 Å². The summed E-state index contributed by atoms with van der Waals surface area (Å²) < 4.78 is 14.7. The van der Waals surface area contributed by atoms with E-state index in [4.69, 9.17) is 9.15 Å². The molecule has 0 amide bonds. The van der Waals surface area contributed by atoms with Gasteiger partial charge in [-0.1, -0.05) is 41.7 Å². The minimum atomic E-state index is -0.554. The molecule has 9 heteroatoms. The smallest absolute Gasteiger partial charge is 0.337 e. The summed E-state index contributed by atoms with van der Waals surface area (Å²) in [6, 6.07) is 10.9. The zero-order valence-electron chi connectivity index (χ0n) is 14.3. The maximum Gasteiger partial charge on any atom is 0.337 e. The van der Waals surface area contributed by atoms with Crippen molar-refractivity contribution in [2.75, 3.05) is 0 Å². The van der Waals surface area contributed by atoms with Crippen LogP contribution >= 0.6 is 11.5 Å². The van der Waals surface area contributed by atoms with Crippen LogP contribution in [0, 0.1) is 0 Å². The maximum absolute atomic E-state index is 12.4. The van der Waals surface area contributed by atoms with Crippen molar-refractivity contribution in [1.82, 2.24) is 19.6 Å². The van der Waals surface area contributed by atoms with E-state index < -0.39 is 11.2 Å². The molecule has 0 spiro atoms. The molecule has 0 aliphatic rings. The number of hydrogen-bond donors (Lipinski definition) is 1. The summed E-state index contributed by atoms with van der Waals surface area (Å²) in [6.07, 6.45) is 0.514. The van der Waals surface area contributed by atoms with Gasteiger partial charge in [-0.25, -0.2) is 4.79 Å². The number of nitrogens with one attached hydrogen (secondary N) is 1. The topological polar surface area (TPSA) is 111 Å². The van der Waals surface area contributed by atoms with Crippen molar-refractivity contribution >= 4 is 22.6 Å². The molecule has 0 atom stereocenters. The normalized spacial score (nSPS) is 11.0. The van der Waals surface area contributed by atoms with Crippen molar-refractivity contribution in [2.24, 2.45) is 0 Å². The predicted molar refractivity (Wildman–Crippen MR) is 100.0 cm³/mol. The van der Waals surface area contributed by atoms with Crippen molar-refractivity contribution in [3.8, 4) is 17.3 Å². The van der Waals surface area contributed by atoms with Gasteiger partial charge in [-0.3, -0.25) is 9.78 Å². The zero-order chi connectivity index (χ0) is 18.8. The van der Waals surface area contributed by atoms with Crippen molar-refractivity contribution in [3.05, 3.63) is 67.6 Å². The van der Waals surface area contributed by atoms with Crippen molar-refractivity contribution < 1.29 is 9.15 Å². The van der Waals surface area contributed by atoms with Crippen LogP contribution in [0.25, 0.3) is 22.4 Å². The molecule has 1 N–H and O–H groups in total. The van der Waals surface area contributed by atoms with Gasteiger partial charge in [0, 0.05) is 11.6 Å². The number of ether oxygens (including phenoxy) is 1. The number of nitrogens with zero attached hydrogens (tertiary/aromatic N) is 3. The fourth-order valence-electron chi connectivity index (χ4n) is 2.73. The SMILES string of the molecule is CCc1cc(=O)oc2nc(OCc3snnc3-c3ccccc3)[nH]c(=O)c12. The van der Waals surface area contributed by atoms with Crippen LogP contribution in [0.5, 0.6) is 6.01 Å². The summed E-state index contributed by atoms with van der Waals surface area (Å²) in [5.41, 5.74) is 1.21. The van der Waals surface area contributed by atoms with E-state index >= 15 is 0 Å². The fraction of sp³-hybridized carbons (Fsp3) is 0.167. The quantitative estimate of drug-likeness (QED) is 0.564. The maximum atomic E-state index is 12.4. The summed E-state index contributed by atoms with van der Waals surface area (Å²) >= 11 is 1.20. The number of fused-ring (bicyclic) bond motifs is 1. The lowest BCUT2D eigenvalue weighted by Crippen LogP contribution is -2.15. The molecule has 0 saturated carbocycles. The first-order chi connectivity index (χ1) is 13.2. The Labute approximate surface area is 156 Å². The molecular weight excluding hydrogens is 368 g/mol. The van der Waals surface area contributed by atoms with E-state index in [0.717, 1.165) is 10.4 Å². The van der Waals surface area contributed by atoms with Gasteiger partial charge in [-0.15, -0.1) is 5.10 Å². The summed E-state index contributed by atoms with van der Waals surface area (Å²) in [7, 11) is 0. The van der Waals surface area contributed by atoms with Gasteiger partial charge in [0.25, 0.3) is 11.6 Å². The number of aryl methyl sites for hydroxylation is 1. The highest BCUT2D eigenvalue weighted by atomic mass is 32.1. The summed E-state index contributed by atoms with van der Waals surface area (Å²) in [6.45, 7) is 1.97. The Hall–Kier alpha value is -3.33. The molecule has 0 saturated heterocycles. The van der Waals surface area contributed by atoms with Crippen LogP contribution in [0.3, 0.4) is 0 Å². The Morgan fingerprint density at radius 2 is 2.04 bits per heavy atom. The van der Waals surface area contributed by atoms with Gasteiger partial charge < -0.3 is 9.15 Å². The highest BCUT2D eigenvalue weighted by molar-refractivity contribution is 7.05. The summed E-state index contributed by atoms with van der Waals surface area (Å²) in [4.78, 5) is 31.5. The number of rotatable bonds is 5. The van der Waals surface area contributed by atoms with Crippen LogP contribution in [-0.2, 0) is 13.0 Å². The lowest BCUT2D eigenvalue weighted by molar-refractivity contribution is 0.283. The summed E-state index contributed by atoms with van der Waals surface area (Å²) in [5, 5.41) is 4.40. The Morgan fingerprint density at radius 1 is 1.22 bits per heavy atom. The third-order valence-electron chi connectivity index (χ3n) is 4.00. The minimum Gasteiger partial charge on any atom is -0.459 e. The van der Waals surface area contributed by atoms with Crippen LogP contribution in [-0.4, -0.2) is 19.6 Å². The average Bonchev–Trinajstić information content (AvgIpc) is 3.14. The minimum absolute atomic E-state index is 0.0312. The Kier molecular flexibility index (Phi) is 4.51. The molecule has 0 bridgehead atoms. The molecule has 0 unspecified atom stereocenters. The van der Waals surface area contributed by atoms with Gasteiger partial charge in [0.1, 0.15) is 17.7 Å². The monoisotopic (exact) mass is 382 g/mol. The molecule has 4 aromatic rings. The molecular formula is C18H14N4O4S. The van der Waals surface area contributed by atoms with E-state index in [1.54, 1.807) is 0 Å². The molecule has 8 nitrogen and oxygen atoms in total. The number of aromatic amines is 1. The Bertz CT molecular complexity index is 1210. The van der Waals surface area contributed by atoms with Crippen molar-refractivity contribution in [2.45, 2.75) is 20.0 Å². The number of benzene rings is 1. The van der Waals surface area contributed by atoms with Gasteiger partial charge in [-0.2, -0.15) is 4.98 Å². The highest BCUT2D eigenvalue weighted by Crippen LogP contribution is 2.24. The number of H-pyrrole nitrogens is 1.